The van der Waals surface area contributed by atoms with Gasteiger partial charge in [-0.1, -0.05) is 24.3 Å². The molecule has 35 heavy (non-hydrogen) atoms. The summed E-state index contributed by atoms with van der Waals surface area (Å²) in [5.41, 5.74) is 0.374. The van der Waals surface area contributed by atoms with Gasteiger partial charge in [-0.05, 0) is 48.7 Å². The molecule has 0 saturated heterocycles. The summed E-state index contributed by atoms with van der Waals surface area (Å²) in [6.45, 7) is 2.86. The van der Waals surface area contributed by atoms with Crippen molar-refractivity contribution in [2.24, 2.45) is 0 Å². The van der Waals surface area contributed by atoms with Crippen LogP contribution in [-0.2, 0) is 10.9 Å². The number of halogens is 3. The quantitative estimate of drug-likeness (QED) is 0.298. The molecule has 0 unspecified atom stereocenters. The normalized spacial score (nSPS) is 11.4. The van der Waals surface area contributed by atoms with Crippen LogP contribution >= 0.6 is 11.3 Å². The number of aromatic nitrogens is 3. The van der Waals surface area contributed by atoms with Gasteiger partial charge in [-0.15, -0.1) is 16.4 Å². The van der Waals surface area contributed by atoms with Gasteiger partial charge in [-0.2, -0.15) is 18.2 Å². The number of ether oxygens (including phenoxy) is 2. The van der Waals surface area contributed by atoms with Crippen molar-refractivity contribution in [3.63, 3.8) is 0 Å². The number of carbonyl (C=O) groups excluding carboxylic acids is 1. The molecule has 4 rings (SSSR count). The number of thiophene rings is 1. The zero-order chi connectivity index (χ0) is 24.8. The van der Waals surface area contributed by atoms with Gasteiger partial charge in [0.15, 0.2) is 5.82 Å². The van der Waals surface area contributed by atoms with Gasteiger partial charge in [0.05, 0.1) is 22.7 Å². The SMILES string of the molecule is CCOCCOc1nc(-c2cccc(C(F)(F)F)c2)n(-c2cccc(NC(=O)c3cccs3)c2)n1. The average molecular weight is 503 g/mol. The van der Waals surface area contributed by atoms with E-state index >= 15 is 0 Å². The first-order valence-corrected chi connectivity index (χ1v) is 11.5. The molecule has 182 valence electrons. The molecule has 0 atom stereocenters. The Kier molecular flexibility index (Phi) is 7.47. The van der Waals surface area contributed by atoms with Crippen LogP contribution in [0.1, 0.15) is 22.2 Å². The molecule has 2 heterocycles. The zero-order valence-corrected chi connectivity index (χ0v) is 19.4. The number of hydrogen-bond acceptors (Lipinski definition) is 6. The fraction of sp³-hybridized carbons (Fsp3) is 0.208. The maximum Gasteiger partial charge on any atom is 0.416 e. The van der Waals surface area contributed by atoms with Crippen molar-refractivity contribution in [1.29, 1.82) is 0 Å². The molecule has 0 fully saturated rings. The van der Waals surface area contributed by atoms with Gasteiger partial charge in [0.25, 0.3) is 5.91 Å². The lowest BCUT2D eigenvalue weighted by molar-refractivity contribution is -0.137. The Morgan fingerprint density at radius 2 is 1.91 bits per heavy atom. The fourth-order valence-corrected chi connectivity index (χ4v) is 3.83. The van der Waals surface area contributed by atoms with Gasteiger partial charge in [-0.3, -0.25) is 4.79 Å². The second-order valence-electron chi connectivity index (χ2n) is 7.24. The number of anilines is 1. The third-order valence-electron chi connectivity index (χ3n) is 4.79. The minimum absolute atomic E-state index is 0.00913. The number of rotatable bonds is 9. The van der Waals surface area contributed by atoms with Crippen LogP contribution in [0.2, 0.25) is 0 Å². The Balaban J connectivity index is 1.69. The lowest BCUT2D eigenvalue weighted by atomic mass is 10.1. The summed E-state index contributed by atoms with van der Waals surface area (Å²) in [6, 6.07) is 15.1. The topological polar surface area (TPSA) is 78.3 Å². The first-order valence-electron chi connectivity index (χ1n) is 10.7. The van der Waals surface area contributed by atoms with Gasteiger partial charge >= 0.3 is 12.2 Å². The summed E-state index contributed by atoms with van der Waals surface area (Å²) < 4.78 is 52.1. The Bertz CT molecular complexity index is 1290. The second-order valence-corrected chi connectivity index (χ2v) is 8.18. The molecule has 1 amide bonds. The van der Waals surface area contributed by atoms with Crippen molar-refractivity contribution >= 4 is 22.9 Å². The van der Waals surface area contributed by atoms with Crippen LogP contribution in [-0.4, -0.2) is 40.5 Å². The van der Waals surface area contributed by atoms with Crippen LogP contribution < -0.4 is 10.1 Å². The van der Waals surface area contributed by atoms with Gasteiger partial charge in [0.1, 0.15) is 6.61 Å². The largest absolute Gasteiger partial charge is 0.460 e. The highest BCUT2D eigenvalue weighted by Crippen LogP contribution is 2.33. The molecule has 2 aromatic heterocycles. The lowest BCUT2D eigenvalue weighted by Crippen LogP contribution is -2.10. The van der Waals surface area contributed by atoms with E-state index in [1.165, 1.54) is 28.2 Å². The summed E-state index contributed by atoms with van der Waals surface area (Å²) in [5, 5.41) is 8.96. The third-order valence-corrected chi connectivity index (χ3v) is 5.66. The molecule has 4 aromatic rings. The predicted molar refractivity (Wildman–Crippen MR) is 126 cm³/mol. The van der Waals surface area contributed by atoms with Gasteiger partial charge in [0.2, 0.25) is 0 Å². The number of amides is 1. The Labute approximate surface area is 203 Å². The van der Waals surface area contributed by atoms with E-state index in [0.29, 0.717) is 29.5 Å². The highest BCUT2D eigenvalue weighted by Gasteiger charge is 2.31. The van der Waals surface area contributed by atoms with E-state index in [0.717, 1.165) is 12.1 Å². The van der Waals surface area contributed by atoms with E-state index in [4.69, 9.17) is 9.47 Å². The van der Waals surface area contributed by atoms with Gasteiger partial charge in [-0.25, -0.2) is 4.68 Å². The second kappa shape index (κ2) is 10.7. The minimum Gasteiger partial charge on any atom is -0.460 e. The molecule has 1 N–H and O–H groups in total. The fourth-order valence-electron chi connectivity index (χ4n) is 3.21. The summed E-state index contributed by atoms with van der Waals surface area (Å²) in [7, 11) is 0. The van der Waals surface area contributed by atoms with Crippen molar-refractivity contribution in [3.8, 4) is 23.1 Å². The molecule has 0 aliphatic carbocycles. The number of nitrogens with one attached hydrogen (secondary N) is 1. The smallest absolute Gasteiger partial charge is 0.416 e. The third kappa shape index (κ3) is 6.06. The van der Waals surface area contributed by atoms with E-state index in [1.54, 1.807) is 41.8 Å². The van der Waals surface area contributed by atoms with Gasteiger partial charge < -0.3 is 14.8 Å². The van der Waals surface area contributed by atoms with Crippen molar-refractivity contribution in [3.05, 3.63) is 76.5 Å². The summed E-state index contributed by atoms with van der Waals surface area (Å²) in [4.78, 5) is 17.3. The molecule has 0 bridgehead atoms. The molecule has 0 aliphatic heterocycles. The molecular weight excluding hydrogens is 481 g/mol. The number of hydrogen-bond donors (Lipinski definition) is 1. The first-order chi connectivity index (χ1) is 16.8. The number of alkyl halides is 3. The Morgan fingerprint density at radius 3 is 2.66 bits per heavy atom. The van der Waals surface area contributed by atoms with E-state index in [2.05, 4.69) is 15.4 Å². The molecule has 0 aliphatic rings. The van der Waals surface area contributed by atoms with E-state index in [9.17, 15) is 18.0 Å². The average Bonchev–Trinajstić information content (AvgIpc) is 3.52. The minimum atomic E-state index is -4.51. The summed E-state index contributed by atoms with van der Waals surface area (Å²) in [6.07, 6.45) is -4.51. The Hall–Kier alpha value is -3.70. The highest BCUT2D eigenvalue weighted by molar-refractivity contribution is 7.12. The van der Waals surface area contributed by atoms with Gasteiger partial charge in [0, 0.05) is 17.9 Å². The van der Waals surface area contributed by atoms with Crippen molar-refractivity contribution in [2.75, 3.05) is 25.1 Å². The molecule has 0 radical (unpaired) electrons. The van der Waals surface area contributed by atoms with Crippen LogP contribution in [0, 0.1) is 0 Å². The molecule has 0 spiro atoms. The van der Waals surface area contributed by atoms with Crippen molar-refractivity contribution < 1.29 is 27.4 Å². The molecular formula is C24H21F3N4O3S. The maximum absolute atomic E-state index is 13.3. The molecule has 7 nitrogen and oxygen atoms in total. The lowest BCUT2D eigenvalue weighted by Gasteiger charge is -2.11. The van der Waals surface area contributed by atoms with Crippen LogP contribution in [0.15, 0.2) is 66.0 Å². The Morgan fingerprint density at radius 1 is 1.09 bits per heavy atom. The van der Waals surface area contributed by atoms with E-state index < -0.39 is 11.7 Å². The number of nitrogens with zero attached hydrogens (tertiary/aromatic N) is 3. The highest BCUT2D eigenvalue weighted by atomic mass is 32.1. The van der Waals surface area contributed by atoms with Crippen LogP contribution in [0.4, 0.5) is 18.9 Å². The van der Waals surface area contributed by atoms with Crippen LogP contribution in [0.3, 0.4) is 0 Å². The van der Waals surface area contributed by atoms with E-state index in [-0.39, 0.29) is 29.9 Å². The molecule has 0 saturated carbocycles. The summed E-state index contributed by atoms with van der Waals surface area (Å²) in [5.74, 6) is -0.113. The summed E-state index contributed by atoms with van der Waals surface area (Å²) >= 11 is 1.31. The van der Waals surface area contributed by atoms with Crippen molar-refractivity contribution in [2.45, 2.75) is 13.1 Å². The predicted octanol–water partition coefficient (Wildman–Crippen LogP) is 5.68. The zero-order valence-electron chi connectivity index (χ0n) is 18.6. The molecule has 11 heteroatoms. The monoisotopic (exact) mass is 502 g/mol. The van der Waals surface area contributed by atoms with Crippen molar-refractivity contribution in [1.82, 2.24) is 14.8 Å². The van der Waals surface area contributed by atoms with Crippen LogP contribution in [0.25, 0.3) is 17.1 Å². The first kappa shape index (κ1) is 24.4. The molecule has 2 aromatic carbocycles. The van der Waals surface area contributed by atoms with Crippen LogP contribution in [0.5, 0.6) is 6.01 Å². The maximum atomic E-state index is 13.3. The number of carbonyl (C=O) groups is 1. The standard InChI is InChI=1S/C24H21F3N4O3S/c1-2-33-11-12-34-23-29-21(16-6-3-7-17(14-16)24(25,26)27)31(30-23)19-9-4-8-18(15-19)28-22(32)20-10-5-13-35-20/h3-10,13-15H,2,11-12H2,1H3,(H,28,32). The number of benzene rings is 2. The van der Waals surface area contributed by atoms with E-state index in [1.807, 2.05) is 6.92 Å².